The molecule has 0 saturated carbocycles. The maximum atomic E-state index is 13.1. The Kier molecular flexibility index (Phi) is 5.69. The van der Waals surface area contributed by atoms with E-state index in [0.717, 1.165) is 35.2 Å². The van der Waals surface area contributed by atoms with E-state index in [0.29, 0.717) is 30.4 Å². The largest absolute Gasteiger partial charge is 0.361 e. The number of aryl methyl sites for hydroxylation is 2. The predicted molar refractivity (Wildman–Crippen MR) is 125 cm³/mol. The Labute approximate surface area is 192 Å². The highest BCUT2D eigenvalue weighted by molar-refractivity contribution is 5.92. The van der Waals surface area contributed by atoms with Crippen LogP contribution in [0.25, 0.3) is 22.5 Å². The minimum Gasteiger partial charge on any atom is -0.361 e. The first-order valence-corrected chi connectivity index (χ1v) is 11.2. The van der Waals surface area contributed by atoms with Crippen LogP contribution in [0, 0.1) is 13.8 Å². The summed E-state index contributed by atoms with van der Waals surface area (Å²) in [5, 5.41) is 3.92. The van der Waals surface area contributed by atoms with E-state index in [9.17, 15) is 4.79 Å². The van der Waals surface area contributed by atoms with Crippen LogP contribution in [0.1, 0.15) is 46.3 Å². The number of amides is 1. The molecule has 1 aromatic carbocycles. The molecule has 1 aliphatic heterocycles. The lowest BCUT2D eigenvalue weighted by molar-refractivity contribution is 0.0695. The number of nitrogens with zero attached hydrogens (tertiary/aromatic N) is 5. The van der Waals surface area contributed by atoms with Crippen LogP contribution < -0.4 is 0 Å². The molecule has 0 spiro atoms. The van der Waals surface area contributed by atoms with Gasteiger partial charge in [-0.25, -0.2) is 9.97 Å². The molecule has 0 bridgehead atoms. The average molecular weight is 440 g/mol. The fourth-order valence-electron chi connectivity index (χ4n) is 4.44. The molecule has 0 unspecified atom stereocenters. The molecule has 33 heavy (non-hydrogen) atoms. The Morgan fingerprint density at radius 2 is 1.91 bits per heavy atom. The Bertz CT molecular complexity index is 1280. The molecular weight excluding hydrogens is 414 g/mol. The van der Waals surface area contributed by atoms with E-state index in [1.807, 2.05) is 35.4 Å². The van der Waals surface area contributed by atoms with Gasteiger partial charge in [0.1, 0.15) is 5.76 Å². The summed E-state index contributed by atoms with van der Waals surface area (Å²) < 4.78 is 5.12. The SMILES string of the molecule is Cc1cc(C(=O)N2CCC[C@H](c3nc(-c4ccncc4)ncc3-c3ccccc3C)C2)no1. The number of aromatic nitrogens is 4. The summed E-state index contributed by atoms with van der Waals surface area (Å²) in [6.07, 6.45) is 7.26. The van der Waals surface area contributed by atoms with E-state index >= 15 is 0 Å². The Morgan fingerprint density at radius 3 is 2.67 bits per heavy atom. The number of likely N-dealkylation sites (tertiary alicyclic amines) is 1. The molecule has 4 heterocycles. The third kappa shape index (κ3) is 4.26. The van der Waals surface area contributed by atoms with Gasteiger partial charge in [0.05, 0.1) is 5.69 Å². The first-order valence-electron chi connectivity index (χ1n) is 11.2. The van der Waals surface area contributed by atoms with Crippen LogP contribution in [0.4, 0.5) is 0 Å². The van der Waals surface area contributed by atoms with Crippen LogP contribution in [0.15, 0.2) is 65.6 Å². The molecule has 4 aromatic rings. The van der Waals surface area contributed by atoms with Crippen molar-refractivity contribution in [3.8, 4) is 22.5 Å². The van der Waals surface area contributed by atoms with Crippen LogP contribution in [0.3, 0.4) is 0 Å². The predicted octanol–water partition coefficient (Wildman–Crippen LogP) is 4.83. The van der Waals surface area contributed by atoms with Crippen LogP contribution in [-0.2, 0) is 0 Å². The summed E-state index contributed by atoms with van der Waals surface area (Å²) in [5.41, 5.74) is 5.55. The highest BCUT2D eigenvalue weighted by atomic mass is 16.5. The fraction of sp³-hybridized carbons (Fsp3) is 0.269. The zero-order valence-corrected chi connectivity index (χ0v) is 18.7. The van der Waals surface area contributed by atoms with Gasteiger partial charge in [-0.1, -0.05) is 29.4 Å². The number of pyridine rings is 1. The zero-order valence-electron chi connectivity index (χ0n) is 18.7. The van der Waals surface area contributed by atoms with Gasteiger partial charge in [-0.15, -0.1) is 0 Å². The second kappa shape index (κ2) is 8.94. The van der Waals surface area contributed by atoms with Gasteiger partial charge in [-0.3, -0.25) is 9.78 Å². The summed E-state index contributed by atoms with van der Waals surface area (Å²) in [4.78, 5) is 28.7. The molecule has 1 saturated heterocycles. The second-order valence-electron chi connectivity index (χ2n) is 8.46. The maximum absolute atomic E-state index is 13.1. The summed E-state index contributed by atoms with van der Waals surface area (Å²) in [6, 6.07) is 13.8. The first-order chi connectivity index (χ1) is 16.1. The van der Waals surface area contributed by atoms with Gasteiger partial charge in [-0.05, 0) is 49.9 Å². The third-order valence-electron chi connectivity index (χ3n) is 6.13. The van der Waals surface area contributed by atoms with E-state index in [-0.39, 0.29) is 11.8 Å². The average Bonchev–Trinajstić information content (AvgIpc) is 3.30. The minimum absolute atomic E-state index is 0.0916. The van der Waals surface area contributed by atoms with E-state index in [4.69, 9.17) is 9.51 Å². The van der Waals surface area contributed by atoms with Gasteiger partial charge in [0.25, 0.3) is 5.91 Å². The molecule has 0 N–H and O–H groups in total. The Morgan fingerprint density at radius 1 is 1.09 bits per heavy atom. The van der Waals surface area contributed by atoms with Crippen molar-refractivity contribution in [2.24, 2.45) is 0 Å². The Balaban J connectivity index is 1.54. The number of piperidine rings is 1. The lowest BCUT2D eigenvalue weighted by Gasteiger charge is -2.33. The first kappa shape index (κ1) is 21.0. The van der Waals surface area contributed by atoms with Crippen molar-refractivity contribution < 1.29 is 9.32 Å². The number of rotatable bonds is 4. The number of benzene rings is 1. The van der Waals surface area contributed by atoms with Gasteiger partial charge >= 0.3 is 0 Å². The van der Waals surface area contributed by atoms with Gasteiger partial charge in [0.2, 0.25) is 0 Å². The molecule has 7 nitrogen and oxygen atoms in total. The monoisotopic (exact) mass is 439 g/mol. The molecular formula is C26H25N5O2. The molecule has 1 amide bonds. The molecule has 0 radical (unpaired) electrons. The fourth-order valence-corrected chi connectivity index (χ4v) is 4.44. The number of hydrogen-bond donors (Lipinski definition) is 0. The number of carbonyl (C=O) groups excluding carboxylic acids is 1. The summed E-state index contributed by atoms with van der Waals surface area (Å²) >= 11 is 0. The van der Waals surface area contributed by atoms with Gasteiger partial charge in [-0.2, -0.15) is 0 Å². The molecule has 0 aliphatic carbocycles. The van der Waals surface area contributed by atoms with E-state index < -0.39 is 0 Å². The van der Waals surface area contributed by atoms with E-state index in [1.54, 1.807) is 25.4 Å². The van der Waals surface area contributed by atoms with Crippen molar-refractivity contribution in [3.05, 3.63) is 83.8 Å². The number of carbonyl (C=O) groups is 1. The second-order valence-corrected chi connectivity index (χ2v) is 8.46. The maximum Gasteiger partial charge on any atom is 0.276 e. The molecule has 166 valence electrons. The van der Waals surface area contributed by atoms with Crippen molar-refractivity contribution in [2.45, 2.75) is 32.6 Å². The molecule has 1 fully saturated rings. The van der Waals surface area contributed by atoms with Crippen LogP contribution in [-0.4, -0.2) is 44.0 Å². The van der Waals surface area contributed by atoms with Crippen LogP contribution >= 0.6 is 0 Å². The van der Waals surface area contributed by atoms with Crippen molar-refractivity contribution in [2.75, 3.05) is 13.1 Å². The third-order valence-corrected chi connectivity index (χ3v) is 6.13. The standard InChI is InChI=1S/C26H25N5O2/c1-17-6-3-4-8-21(17)22-15-28-25(19-9-11-27-12-10-19)29-24(22)20-7-5-13-31(16-20)26(32)23-14-18(2)33-30-23/h3-4,6,8-12,14-15,20H,5,7,13,16H2,1-2H3/t20-/m0/s1. The van der Waals surface area contributed by atoms with Gasteiger partial charge in [0.15, 0.2) is 11.5 Å². The highest BCUT2D eigenvalue weighted by Gasteiger charge is 2.30. The van der Waals surface area contributed by atoms with E-state index in [1.165, 1.54) is 5.56 Å². The van der Waals surface area contributed by atoms with Gasteiger partial charge in [0, 0.05) is 54.8 Å². The summed E-state index contributed by atoms with van der Waals surface area (Å²) in [5.74, 6) is 1.29. The van der Waals surface area contributed by atoms with Gasteiger partial charge < -0.3 is 9.42 Å². The summed E-state index contributed by atoms with van der Waals surface area (Å²) in [6.45, 7) is 5.16. The molecule has 5 rings (SSSR count). The molecule has 1 aliphatic rings. The van der Waals surface area contributed by atoms with Crippen molar-refractivity contribution in [3.63, 3.8) is 0 Å². The van der Waals surface area contributed by atoms with Crippen LogP contribution in [0.2, 0.25) is 0 Å². The quantitative estimate of drug-likeness (QED) is 0.453. The lowest BCUT2D eigenvalue weighted by atomic mass is 9.88. The Hall–Kier alpha value is -3.87. The van der Waals surface area contributed by atoms with Crippen LogP contribution in [0.5, 0.6) is 0 Å². The normalized spacial score (nSPS) is 16.1. The topological polar surface area (TPSA) is 85.0 Å². The minimum atomic E-state index is -0.0996. The highest BCUT2D eigenvalue weighted by Crippen LogP contribution is 2.35. The smallest absolute Gasteiger partial charge is 0.276 e. The number of hydrogen-bond acceptors (Lipinski definition) is 6. The molecule has 7 heteroatoms. The zero-order chi connectivity index (χ0) is 22.8. The molecule has 3 aromatic heterocycles. The van der Waals surface area contributed by atoms with Crippen molar-refractivity contribution in [1.29, 1.82) is 0 Å². The summed E-state index contributed by atoms with van der Waals surface area (Å²) in [7, 11) is 0. The van der Waals surface area contributed by atoms with E-state index in [2.05, 4.69) is 34.2 Å². The lowest BCUT2D eigenvalue weighted by Crippen LogP contribution is -2.39. The van der Waals surface area contributed by atoms with Crippen molar-refractivity contribution >= 4 is 5.91 Å². The molecule has 1 atom stereocenters. The van der Waals surface area contributed by atoms with Crippen molar-refractivity contribution in [1.82, 2.24) is 25.0 Å².